The molecule has 3 aromatic rings. The average Bonchev–Trinajstić information content (AvgIpc) is 3.36. The van der Waals surface area contributed by atoms with Crippen LogP contribution in [-0.4, -0.2) is 32.0 Å². The molecule has 1 aliphatic carbocycles. The number of anilines is 1. The van der Waals surface area contributed by atoms with Crippen LogP contribution in [0.4, 0.5) is 5.69 Å². The standard InChI is InChI=1S/C22H22N2O4/c1-27-20-10-16-14-4-2-3-5-18(14)28-19(16)11-17(20)24-9-8-15(22(24)26)21(25)23-12-13-6-7-13/h2-5,10-11,13,15H,6-9,12H2,1H3,(H,23,25)/t15-/m1/s1. The Bertz CT molecular complexity index is 1080. The van der Waals surface area contributed by atoms with Crippen molar-refractivity contribution < 1.29 is 18.7 Å². The zero-order chi connectivity index (χ0) is 19.3. The monoisotopic (exact) mass is 378 g/mol. The zero-order valence-electron chi connectivity index (χ0n) is 15.7. The number of hydrogen-bond acceptors (Lipinski definition) is 4. The quantitative estimate of drug-likeness (QED) is 0.690. The van der Waals surface area contributed by atoms with Crippen LogP contribution in [0.25, 0.3) is 21.9 Å². The molecule has 144 valence electrons. The van der Waals surface area contributed by atoms with Gasteiger partial charge in [0.05, 0.1) is 12.8 Å². The molecule has 0 radical (unpaired) electrons. The molecule has 2 aliphatic rings. The zero-order valence-corrected chi connectivity index (χ0v) is 15.7. The van der Waals surface area contributed by atoms with E-state index in [4.69, 9.17) is 9.15 Å². The van der Waals surface area contributed by atoms with Crippen molar-refractivity contribution in [2.24, 2.45) is 11.8 Å². The SMILES string of the molecule is COc1cc2c(cc1N1CC[C@H](C(=O)NCC3CC3)C1=O)oc1ccccc12. The van der Waals surface area contributed by atoms with Crippen LogP contribution in [0.3, 0.4) is 0 Å². The Hall–Kier alpha value is -3.02. The van der Waals surface area contributed by atoms with Crippen molar-refractivity contribution in [3.05, 3.63) is 36.4 Å². The fourth-order valence-corrected chi connectivity index (χ4v) is 3.97. The lowest BCUT2D eigenvalue weighted by molar-refractivity contribution is -0.132. The van der Waals surface area contributed by atoms with Gasteiger partial charge >= 0.3 is 0 Å². The van der Waals surface area contributed by atoms with Gasteiger partial charge in [0.25, 0.3) is 0 Å². The van der Waals surface area contributed by atoms with Crippen molar-refractivity contribution in [2.45, 2.75) is 19.3 Å². The fourth-order valence-electron chi connectivity index (χ4n) is 3.97. The normalized spacial score (nSPS) is 19.5. The first-order valence-electron chi connectivity index (χ1n) is 9.74. The minimum atomic E-state index is -0.630. The minimum Gasteiger partial charge on any atom is -0.495 e. The van der Waals surface area contributed by atoms with Gasteiger partial charge < -0.3 is 19.4 Å². The first kappa shape index (κ1) is 17.1. The maximum Gasteiger partial charge on any atom is 0.239 e. The molecule has 6 nitrogen and oxygen atoms in total. The molecule has 1 aliphatic heterocycles. The van der Waals surface area contributed by atoms with Crippen LogP contribution in [0.1, 0.15) is 19.3 Å². The Morgan fingerprint density at radius 3 is 2.79 bits per heavy atom. The van der Waals surface area contributed by atoms with Gasteiger partial charge in [-0.1, -0.05) is 18.2 Å². The first-order valence-corrected chi connectivity index (χ1v) is 9.74. The lowest BCUT2D eigenvalue weighted by Gasteiger charge is -2.19. The lowest BCUT2D eigenvalue weighted by Crippen LogP contribution is -2.37. The molecule has 6 heteroatoms. The number of nitrogens with one attached hydrogen (secondary N) is 1. The Morgan fingerprint density at radius 2 is 2.00 bits per heavy atom. The van der Waals surface area contributed by atoms with Gasteiger partial charge in [0.2, 0.25) is 11.8 Å². The minimum absolute atomic E-state index is 0.164. The van der Waals surface area contributed by atoms with E-state index in [1.54, 1.807) is 12.0 Å². The number of furan rings is 1. The fraction of sp³-hybridized carbons (Fsp3) is 0.364. The summed E-state index contributed by atoms with van der Waals surface area (Å²) in [7, 11) is 1.59. The first-order chi connectivity index (χ1) is 13.7. The molecule has 2 fully saturated rings. The molecule has 5 rings (SSSR count). The summed E-state index contributed by atoms with van der Waals surface area (Å²) in [6.45, 7) is 1.17. The van der Waals surface area contributed by atoms with E-state index in [0.717, 1.165) is 16.4 Å². The number of fused-ring (bicyclic) bond motifs is 3. The number of carbonyl (C=O) groups is 2. The van der Waals surface area contributed by atoms with E-state index < -0.39 is 5.92 Å². The summed E-state index contributed by atoms with van der Waals surface area (Å²) >= 11 is 0. The van der Waals surface area contributed by atoms with Crippen LogP contribution in [0.15, 0.2) is 40.8 Å². The molecule has 1 atom stereocenters. The number of hydrogen-bond donors (Lipinski definition) is 1. The smallest absolute Gasteiger partial charge is 0.239 e. The molecule has 2 amide bonds. The van der Waals surface area contributed by atoms with Gasteiger partial charge in [0.1, 0.15) is 22.8 Å². The van der Waals surface area contributed by atoms with Crippen molar-refractivity contribution in [3.63, 3.8) is 0 Å². The molecule has 1 aromatic heterocycles. The predicted octanol–water partition coefficient (Wildman–Crippen LogP) is 3.47. The van der Waals surface area contributed by atoms with E-state index in [-0.39, 0.29) is 11.8 Å². The number of benzene rings is 2. The van der Waals surface area contributed by atoms with Gasteiger partial charge in [0.15, 0.2) is 0 Å². The van der Waals surface area contributed by atoms with E-state index in [2.05, 4.69) is 5.32 Å². The van der Waals surface area contributed by atoms with Crippen LogP contribution < -0.4 is 15.0 Å². The summed E-state index contributed by atoms with van der Waals surface area (Å²) in [5, 5.41) is 4.88. The lowest BCUT2D eigenvalue weighted by atomic mass is 10.1. The Morgan fingerprint density at radius 1 is 1.18 bits per heavy atom. The van der Waals surface area contributed by atoms with Crippen molar-refractivity contribution in [1.29, 1.82) is 0 Å². The number of ether oxygens (including phenoxy) is 1. The van der Waals surface area contributed by atoms with Crippen molar-refractivity contribution in [2.75, 3.05) is 25.1 Å². The van der Waals surface area contributed by atoms with Gasteiger partial charge in [-0.05, 0) is 37.3 Å². The highest BCUT2D eigenvalue weighted by Gasteiger charge is 2.39. The number of carbonyl (C=O) groups excluding carboxylic acids is 2. The van der Waals surface area contributed by atoms with Crippen LogP contribution in [0, 0.1) is 11.8 Å². The molecule has 1 N–H and O–H groups in total. The second-order valence-corrected chi connectivity index (χ2v) is 7.64. The molecular weight excluding hydrogens is 356 g/mol. The maximum atomic E-state index is 13.0. The van der Waals surface area contributed by atoms with Gasteiger partial charge in [-0.25, -0.2) is 0 Å². The van der Waals surface area contributed by atoms with Crippen LogP contribution in [-0.2, 0) is 9.59 Å². The topological polar surface area (TPSA) is 71.8 Å². The summed E-state index contributed by atoms with van der Waals surface area (Å²) in [5.41, 5.74) is 2.14. The Kier molecular flexibility index (Phi) is 4.00. The number of methoxy groups -OCH3 is 1. The molecule has 0 bridgehead atoms. The maximum absolute atomic E-state index is 13.0. The summed E-state index contributed by atoms with van der Waals surface area (Å²) < 4.78 is 11.5. The van der Waals surface area contributed by atoms with E-state index in [1.165, 1.54) is 12.8 Å². The van der Waals surface area contributed by atoms with Crippen molar-refractivity contribution in [3.8, 4) is 5.75 Å². The number of nitrogens with zero attached hydrogens (tertiary/aromatic N) is 1. The second-order valence-electron chi connectivity index (χ2n) is 7.64. The number of amides is 2. The van der Waals surface area contributed by atoms with Gasteiger partial charge in [-0.2, -0.15) is 0 Å². The van der Waals surface area contributed by atoms with Crippen LogP contribution in [0.5, 0.6) is 5.75 Å². The molecule has 28 heavy (non-hydrogen) atoms. The number of rotatable bonds is 5. The summed E-state index contributed by atoms with van der Waals surface area (Å²) in [6.07, 6.45) is 2.84. The van der Waals surface area contributed by atoms with Gasteiger partial charge in [0, 0.05) is 29.9 Å². The Balaban J connectivity index is 1.47. The van der Waals surface area contributed by atoms with E-state index in [9.17, 15) is 9.59 Å². The second kappa shape index (κ2) is 6.55. The highest BCUT2D eigenvalue weighted by molar-refractivity contribution is 6.12. The molecule has 2 heterocycles. The molecule has 0 spiro atoms. The highest BCUT2D eigenvalue weighted by Crippen LogP contribution is 2.40. The molecule has 0 unspecified atom stereocenters. The summed E-state index contributed by atoms with van der Waals surface area (Å²) in [4.78, 5) is 27.0. The van der Waals surface area contributed by atoms with E-state index in [0.29, 0.717) is 42.4 Å². The van der Waals surface area contributed by atoms with Crippen LogP contribution in [0.2, 0.25) is 0 Å². The third kappa shape index (κ3) is 2.80. The average molecular weight is 378 g/mol. The van der Waals surface area contributed by atoms with Gasteiger partial charge in [-0.3, -0.25) is 9.59 Å². The summed E-state index contributed by atoms with van der Waals surface area (Å²) in [5.74, 6) is 0.221. The largest absolute Gasteiger partial charge is 0.495 e. The highest BCUT2D eigenvalue weighted by atomic mass is 16.5. The summed E-state index contributed by atoms with van der Waals surface area (Å²) in [6, 6.07) is 11.6. The number of para-hydroxylation sites is 1. The van der Waals surface area contributed by atoms with E-state index in [1.807, 2.05) is 36.4 Å². The van der Waals surface area contributed by atoms with E-state index >= 15 is 0 Å². The third-order valence-corrected chi connectivity index (χ3v) is 5.75. The van der Waals surface area contributed by atoms with Crippen LogP contribution >= 0.6 is 0 Å². The molecule has 2 aromatic carbocycles. The van der Waals surface area contributed by atoms with Crippen molar-refractivity contribution in [1.82, 2.24) is 5.32 Å². The Labute approximate surface area is 162 Å². The third-order valence-electron chi connectivity index (χ3n) is 5.75. The molecule has 1 saturated carbocycles. The molecular formula is C22H22N2O4. The van der Waals surface area contributed by atoms with Crippen molar-refractivity contribution >= 4 is 39.4 Å². The van der Waals surface area contributed by atoms with Gasteiger partial charge in [-0.15, -0.1) is 0 Å². The molecule has 1 saturated heterocycles. The predicted molar refractivity (Wildman–Crippen MR) is 106 cm³/mol.